The van der Waals surface area contributed by atoms with Crippen LogP contribution in [0, 0.1) is 17.8 Å². The van der Waals surface area contributed by atoms with E-state index in [2.05, 4.69) is 247 Å². The number of carbonyl (C=O) groups excluding carboxylic acids is 5. The maximum Gasteiger partial charge on any atom is 0.324 e. The van der Waals surface area contributed by atoms with Gasteiger partial charge in [0, 0.05) is 120 Å². The van der Waals surface area contributed by atoms with Gasteiger partial charge in [-0.3, -0.25) is 48.5 Å². The maximum atomic E-state index is 15.4. The van der Waals surface area contributed by atoms with E-state index in [4.69, 9.17) is 23.7 Å². The molecule has 17 heteroatoms. The predicted octanol–water partition coefficient (Wildman–Crippen LogP) is 20.7. The molecule has 17 nitrogen and oxygen atoms in total. The van der Waals surface area contributed by atoms with Crippen molar-refractivity contribution in [2.75, 3.05) is 35.2 Å². The Balaban J connectivity index is 0.000000355. The van der Waals surface area contributed by atoms with Crippen LogP contribution in [0.1, 0.15) is 382 Å². The Hall–Kier alpha value is -4.81. The van der Waals surface area contributed by atoms with Gasteiger partial charge < -0.3 is 33.9 Å². The lowest BCUT2D eigenvalue weighted by molar-refractivity contribution is -0.193. The molecular formula is C97H167N5O12. The van der Waals surface area contributed by atoms with Crippen LogP contribution in [-0.2, 0) is 76.7 Å². The molecule has 5 saturated heterocycles. The number of ether oxygens (including phenoxy) is 5. The van der Waals surface area contributed by atoms with Crippen molar-refractivity contribution in [2.45, 2.75) is 471 Å². The van der Waals surface area contributed by atoms with Crippen molar-refractivity contribution < 1.29 is 57.9 Å². The maximum absolute atomic E-state index is 15.4. The van der Waals surface area contributed by atoms with E-state index >= 15 is 19.2 Å². The molecule has 0 radical (unpaired) electrons. The fourth-order valence-electron chi connectivity index (χ4n) is 20.4. The molecule has 0 saturated carbocycles. The van der Waals surface area contributed by atoms with E-state index < -0.39 is 70.8 Å². The smallest absolute Gasteiger partial charge is 0.324 e. The zero-order valence-electron chi connectivity index (χ0n) is 79.4. The number of hydrogen-bond acceptors (Lipinski definition) is 17. The molecular weight excluding hydrogens is 1430 g/mol. The first kappa shape index (κ1) is 98.0. The molecule has 2 aromatic rings. The Labute approximate surface area is 694 Å². The molecule has 2 N–H and O–H groups in total. The van der Waals surface area contributed by atoms with Gasteiger partial charge in [0.05, 0.1) is 6.42 Å². The number of rotatable bonds is 26. The van der Waals surface area contributed by atoms with Crippen LogP contribution >= 0.6 is 0 Å². The minimum absolute atomic E-state index is 0.160. The van der Waals surface area contributed by atoms with Gasteiger partial charge >= 0.3 is 29.8 Å². The average molecular weight is 1600 g/mol. The summed E-state index contributed by atoms with van der Waals surface area (Å²) >= 11 is 0. The highest BCUT2D eigenvalue weighted by Crippen LogP contribution is 2.50. The molecule has 0 aliphatic carbocycles. The molecule has 5 aliphatic heterocycles. The second-order valence-electron chi connectivity index (χ2n) is 45.9. The highest BCUT2D eigenvalue weighted by atomic mass is 16.6. The third-order valence-corrected chi connectivity index (χ3v) is 28.7. The first-order valence-corrected chi connectivity index (χ1v) is 44.0. The summed E-state index contributed by atoms with van der Waals surface area (Å²) in [5.41, 5.74) is -2.87. The zero-order chi connectivity index (χ0) is 87.1. The number of benzene rings is 2. The minimum atomic E-state index is -2.07. The van der Waals surface area contributed by atoms with Crippen molar-refractivity contribution in [1.82, 2.24) is 24.5 Å². The number of hydrogen-bond donors (Lipinski definition) is 2. The second kappa shape index (κ2) is 35.5. The van der Waals surface area contributed by atoms with Gasteiger partial charge in [0.25, 0.3) is 0 Å². The summed E-state index contributed by atoms with van der Waals surface area (Å²) in [5, 5.41) is 22.9. The van der Waals surface area contributed by atoms with Crippen LogP contribution in [0.2, 0.25) is 0 Å². The largest absolute Gasteiger partial charge is 0.507 e. The lowest BCUT2D eigenvalue weighted by Gasteiger charge is -2.54. The van der Waals surface area contributed by atoms with E-state index in [0.717, 1.165) is 42.4 Å². The molecule has 652 valence electrons. The molecule has 5 fully saturated rings. The number of likely N-dealkylation sites (tertiary alicyclic amines) is 5. The molecule has 7 rings (SSSR count). The van der Waals surface area contributed by atoms with Gasteiger partial charge in [0.2, 0.25) is 0 Å². The van der Waals surface area contributed by atoms with Crippen molar-refractivity contribution in [3.05, 3.63) is 57.6 Å². The Morgan fingerprint density at radius 2 is 0.561 bits per heavy atom. The van der Waals surface area contributed by atoms with Gasteiger partial charge in [-0.05, 0) is 250 Å². The highest BCUT2D eigenvalue weighted by molar-refractivity contribution is 6.04. The first-order chi connectivity index (χ1) is 51.6. The fourth-order valence-corrected chi connectivity index (χ4v) is 20.4. The van der Waals surface area contributed by atoms with Crippen LogP contribution in [-0.4, -0.2) is 186 Å². The van der Waals surface area contributed by atoms with E-state index in [1.54, 1.807) is 6.07 Å². The topological polar surface area (TPSA) is 188 Å². The summed E-state index contributed by atoms with van der Waals surface area (Å²) in [6.07, 6.45) is 15.4. The van der Waals surface area contributed by atoms with Gasteiger partial charge in [-0.1, -0.05) is 158 Å². The van der Waals surface area contributed by atoms with E-state index in [1.807, 2.05) is 45.9 Å². The normalized spacial score (nSPS) is 22.6. The lowest BCUT2D eigenvalue weighted by atomic mass is 9.73. The standard InChI is InChI=1S/C50H88N2O5.C47H79N3O7/c1-18-19-20-21-22-23-24-25-26-27-28-50(42(54)56-37-32-46(8,9)51(16)47(10,11)33-37,43(55)57-38-34-48(12,13)52(17)49(14,15)35-38)31-36-29-39(44(2,3)4)41(53)40(30-36)45(5,6)7;1-30-20-31(21-35(37(30)52)40(2,3)4)22-47(38(53)56-33-25-43(9,10)49(18)44(11,12)26-33,39(54)57-34-27-45(13,14)50(19)46(15,16)28-34)29-36(51)55-32-23-41(5,6)48(17)42(7,8)24-32/h29-30,37-38,53H,18-28,31-35H2,1-17H3;20-21,32-34,52H,22-29H2,1-19H3. The SMILES string of the molecule is CCCCCCCCCCCCC(Cc1cc(C(C)(C)C)c(O)c(C(C)(C)C)c1)(C(=O)OC1CC(C)(C)N(C)C(C)(C)C1)C(=O)OC1CC(C)(C)N(C)C(C)(C)C1.Cc1cc(CC(CC(=O)OC2CC(C)(C)N(C)C(C)(C)C2)(C(=O)OC2CC(C)(C)N(C)C(C)(C)C2)C(=O)OC2CC(C)(C)N(C)C(C)(C)C2)cc(C(C)(C)C)c1O. The van der Waals surface area contributed by atoms with Crippen LogP contribution < -0.4 is 0 Å². The summed E-state index contributed by atoms with van der Waals surface area (Å²) in [6.45, 7) is 66.0. The number of carbonyl (C=O) groups is 5. The van der Waals surface area contributed by atoms with Crippen LogP contribution in [0.5, 0.6) is 11.5 Å². The number of aryl methyl sites for hydroxylation is 1. The quantitative estimate of drug-likeness (QED) is 0.0391. The Bertz CT molecular complexity index is 3410. The molecule has 0 spiro atoms. The van der Waals surface area contributed by atoms with E-state index in [1.165, 1.54) is 38.5 Å². The number of esters is 5. The van der Waals surface area contributed by atoms with Crippen molar-refractivity contribution in [3.63, 3.8) is 0 Å². The lowest BCUT2D eigenvalue weighted by Crippen LogP contribution is -2.62. The van der Waals surface area contributed by atoms with Crippen LogP contribution in [0.15, 0.2) is 24.3 Å². The van der Waals surface area contributed by atoms with Gasteiger partial charge in [0.15, 0.2) is 10.8 Å². The molecule has 114 heavy (non-hydrogen) atoms. The summed E-state index contributed by atoms with van der Waals surface area (Å²) < 4.78 is 32.8. The second-order valence-corrected chi connectivity index (χ2v) is 45.9. The molecule has 0 aromatic heterocycles. The van der Waals surface area contributed by atoms with Gasteiger partial charge in [0.1, 0.15) is 42.0 Å². The van der Waals surface area contributed by atoms with Crippen molar-refractivity contribution in [1.29, 1.82) is 0 Å². The summed E-state index contributed by atoms with van der Waals surface area (Å²) in [6, 6.07) is 7.72. The predicted molar refractivity (Wildman–Crippen MR) is 466 cm³/mol. The van der Waals surface area contributed by atoms with Crippen LogP contribution in [0.4, 0.5) is 0 Å². The Morgan fingerprint density at radius 3 is 0.825 bits per heavy atom. The molecule has 0 atom stereocenters. The third kappa shape index (κ3) is 23.4. The monoisotopic (exact) mass is 1590 g/mol. The molecule has 0 amide bonds. The van der Waals surface area contributed by atoms with Crippen molar-refractivity contribution in [2.24, 2.45) is 10.8 Å². The molecule has 2 aromatic carbocycles. The van der Waals surface area contributed by atoms with Crippen LogP contribution in [0.25, 0.3) is 0 Å². The third-order valence-electron chi connectivity index (χ3n) is 28.7. The Morgan fingerprint density at radius 1 is 0.342 bits per heavy atom. The number of nitrogens with zero attached hydrogens (tertiary/aromatic N) is 5. The number of aromatic hydroxyl groups is 2. The van der Waals surface area contributed by atoms with Gasteiger partial charge in [-0.2, -0.15) is 0 Å². The first-order valence-electron chi connectivity index (χ1n) is 44.0. The molecule has 5 heterocycles. The van der Waals surface area contributed by atoms with Crippen LogP contribution in [0.3, 0.4) is 0 Å². The van der Waals surface area contributed by atoms with E-state index in [-0.39, 0.29) is 103 Å². The van der Waals surface area contributed by atoms with Gasteiger partial charge in [-0.15, -0.1) is 0 Å². The molecule has 0 unspecified atom stereocenters. The summed E-state index contributed by atoms with van der Waals surface area (Å²) in [7, 11) is 10.6. The average Bonchev–Trinajstić information content (AvgIpc) is 0.754. The highest BCUT2D eigenvalue weighted by Gasteiger charge is 2.58. The number of piperidine rings is 5. The van der Waals surface area contributed by atoms with Gasteiger partial charge in [-0.25, -0.2) is 0 Å². The zero-order valence-corrected chi connectivity index (χ0v) is 79.4. The van der Waals surface area contributed by atoms with Crippen molar-refractivity contribution in [3.8, 4) is 11.5 Å². The summed E-state index contributed by atoms with van der Waals surface area (Å²) in [5.74, 6) is -2.65. The van der Waals surface area contributed by atoms with E-state index in [9.17, 15) is 15.0 Å². The number of phenolic OH excluding ortho intramolecular Hbond substituents is 2. The summed E-state index contributed by atoms with van der Waals surface area (Å²) in [4.78, 5) is 87.7. The number of phenols is 2. The van der Waals surface area contributed by atoms with E-state index in [0.29, 0.717) is 87.3 Å². The molecule has 5 aliphatic rings. The van der Waals surface area contributed by atoms with Crippen molar-refractivity contribution >= 4 is 29.8 Å². The fraction of sp³-hybridized carbons (Fsp3) is 0.825. The minimum Gasteiger partial charge on any atom is -0.507 e. The number of unbranched alkanes of at least 4 members (excludes halogenated alkanes) is 9. The Kier molecular flexibility index (Phi) is 30.5. The molecule has 0 bridgehead atoms.